The van der Waals surface area contributed by atoms with Gasteiger partial charge in [-0.25, -0.2) is 0 Å². The molecule has 0 aliphatic rings. The molecule has 0 heterocycles. The number of ether oxygens (including phenoxy) is 2. The van der Waals surface area contributed by atoms with Crippen LogP contribution in [-0.4, -0.2) is 35.1 Å². The van der Waals surface area contributed by atoms with Gasteiger partial charge in [-0.1, -0.05) is 90.7 Å². The van der Waals surface area contributed by atoms with Gasteiger partial charge < -0.3 is 19.7 Å². The molecule has 0 saturated heterocycles. The number of rotatable bonds is 10. The number of hydrogen-bond donors (Lipinski definition) is 2. The Kier molecular flexibility index (Phi) is 9.31. The Morgan fingerprint density at radius 2 is 1.26 bits per heavy atom. The van der Waals surface area contributed by atoms with E-state index in [0.29, 0.717) is 13.2 Å². The fourth-order valence-electron chi connectivity index (χ4n) is 3.06. The molecule has 4 nitrogen and oxygen atoms in total. The third-order valence-corrected chi connectivity index (χ3v) is 4.75. The first kappa shape index (κ1) is 22.7. The zero-order valence-electron chi connectivity index (χ0n) is 17.4. The lowest BCUT2D eigenvalue weighted by Gasteiger charge is -2.24. The van der Waals surface area contributed by atoms with Crippen molar-refractivity contribution in [3.63, 3.8) is 0 Å². The molecule has 0 aromatic heterocycles. The summed E-state index contributed by atoms with van der Waals surface area (Å²) in [4.78, 5) is 0. The van der Waals surface area contributed by atoms with Gasteiger partial charge in [-0.15, -0.1) is 0 Å². The molecule has 160 valence electrons. The summed E-state index contributed by atoms with van der Waals surface area (Å²) in [5.41, 5.74) is 2.86. The normalized spacial score (nSPS) is 13.6. The van der Waals surface area contributed by atoms with Crippen LogP contribution in [0, 0.1) is 11.8 Å². The molecule has 0 spiro atoms. The van der Waals surface area contributed by atoms with Gasteiger partial charge in [0.05, 0.1) is 25.9 Å². The molecule has 0 saturated carbocycles. The highest BCUT2D eigenvalue weighted by Gasteiger charge is 2.23. The second kappa shape index (κ2) is 12.7. The minimum atomic E-state index is -0.926. The summed E-state index contributed by atoms with van der Waals surface area (Å²) in [6, 6.07) is 29.0. The smallest absolute Gasteiger partial charge is 0.117 e. The molecule has 2 N–H and O–H groups in total. The van der Waals surface area contributed by atoms with Crippen LogP contribution in [-0.2, 0) is 22.7 Å². The molecule has 0 radical (unpaired) electrons. The van der Waals surface area contributed by atoms with Gasteiger partial charge >= 0.3 is 0 Å². The van der Waals surface area contributed by atoms with E-state index in [1.165, 1.54) is 0 Å². The van der Waals surface area contributed by atoms with Gasteiger partial charge in [-0.05, 0) is 23.3 Å². The Morgan fingerprint density at radius 1 is 0.710 bits per heavy atom. The van der Waals surface area contributed by atoms with Crippen LogP contribution in [0.1, 0.15) is 23.1 Å². The molecule has 3 rings (SSSR count). The molecule has 0 aliphatic heterocycles. The summed E-state index contributed by atoms with van der Waals surface area (Å²) in [7, 11) is 0. The number of benzene rings is 3. The molecular formula is C27H28O4. The Morgan fingerprint density at radius 3 is 1.87 bits per heavy atom. The minimum absolute atomic E-state index is 0.104. The average Bonchev–Trinajstić information content (AvgIpc) is 2.82. The first-order valence-corrected chi connectivity index (χ1v) is 10.4. The van der Waals surface area contributed by atoms with Crippen LogP contribution in [0.5, 0.6) is 0 Å². The molecule has 0 aliphatic carbocycles. The van der Waals surface area contributed by atoms with Crippen LogP contribution in [0.3, 0.4) is 0 Å². The van der Waals surface area contributed by atoms with Crippen molar-refractivity contribution in [2.45, 2.75) is 37.9 Å². The zero-order chi connectivity index (χ0) is 21.7. The second-order valence-corrected chi connectivity index (χ2v) is 7.29. The summed E-state index contributed by atoms with van der Waals surface area (Å²) in [5.74, 6) is 5.80. The maximum atomic E-state index is 10.7. The van der Waals surface area contributed by atoms with E-state index < -0.39 is 18.3 Å². The van der Waals surface area contributed by atoms with Crippen LogP contribution >= 0.6 is 0 Å². The second-order valence-electron chi connectivity index (χ2n) is 7.29. The molecule has 0 fully saturated rings. The van der Waals surface area contributed by atoms with Crippen molar-refractivity contribution in [3.8, 4) is 11.8 Å². The van der Waals surface area contributed by atoms with E-state index in [0.717, 1.165) is 16.7 Å². The van der Waals surface area contributed by atoms with Crippen LogP contribution in [0.15, 0.2) is 91.0 Å². The summed E-state index contributed by atoms with van der Waals surface area (Å²) in [5, 5.41) is 21.1. The highest BCUT2D eigenvalue weighted by atomic mass is 16.5. The average molecular weight is 417 g/mol. The van der Waals surface area contributed by atoms with Gasteiger partial charge in [0.25, 0.3) is 0 Å². The Hall–Kier alpha value is -2.94. The predicted octanol–water partition coefficient (Wildman–Crippen LogP) is 3.95. The molecule has 3 aromatic carbocycles. The highest BCUT2D eigenvalue weighted by Crippen LogP contribution is 2.13. The quantitative estimate of drug-likeness (QED) is 0.492. The van der Waals surface area contributed by atoms with E-state index in [2.05, 4.69) is 11.8 Å². The van der Waals surface area contributed by atoms with E-state index in [1.807, 2.05) is 91.0 Å². The number of aliphatic hydroxyl groups is 2. The third kappa shape index (κ3) is 8.37. The highest BCUT2D eigenvalue weighted by molar-refractivity contribution is 5.34. The monoisotopic (exact) mass is 416 g/mol. The SMILES string of the molecule is OC(C#Cc1ccccc1)C[C@H](OCc1ccccc1)[C@H](O)COCc1ccccc1. The fraction of sp³-hybridized carbons (Fsp3) is 0.259. The van der Waals surface area contributed by atoms with E-state index in [1.54, 1.807) is 0 Å². The molecule has 0 bridgehead atoms. The Labute approximate surface area is 184 Å². The minimum Gasteiger partial charge on any atom is -0.388 e. The van der Waals surface area contributed by atoms with Crippen molar-refractivity contribution in [2.24, 2.45) is 0 Å². The van der Waals surface area contributed by atoms with Crippen LogP contribution in [0.2, 0.25) is 0 Å². The number of hydrogen-bond acceptors (Lipinski definition) is 4. The molecule has 1 unspecified atom stereocenters. The van der Waals surface area contributed by atoms with Crippen LogP contribution in [0.25, 0.3) is 0 Å². The predicted molar refractivity (Wildman–Crippen MR) is 121 cm³/mol. The maximum Gasteiger partial charge on any atom is 0.117 e. The topological polar surface area (TPSA) is 58.9 Å². The summed E-state index contributed by atoms with van der Waals surface area (Å²) in [6.07, 6.45) is -2.25. The lowest BCUT2D eigenvalue weighted by molar-refractivity contribution is -0.0915. The van der Waals surface area contributed by atoms with Crippen LogP contribution < -0.4 is 0 Å². The first-order valence-electron chi connectivity index (χ1n) is 10.4. The Bertz CT molecular complexity index is 932. The molecule has 0 amide bonds. The van der Waals surface area contributed by atoms with E-state index in [-0.39, 0.29) is 13.0 Å². The number of aliphatic hydroxyl groups excluding tert-OH is 2. The van der Waals surface area contributed by atoms with Crippen molar-refractivity contribution in [2.75, 3.05) is 6.61 Å². The molecule has 3 atom stereocenters. The standard InChI is InChI=1S/C27H28O4/c28-25(17-16-22-10-4-1-5-11-22)18-27(31-20-24-14-8-3-9-15-24)26(29)21-30-19-23-12-6-2-7-13-23/h1-15,25-29H,18-21H2/t25?,26-,27+/m1/s1. The van der Waals surface area contributed by atoms with Crippen molar-refractivity contribution in [1.29, 1.82) is 0 Å². The van der Waals surface area contributed by atoms with Gasteiger partial charge in [0.2, 0.25) is 0 Å². The molecule has 3 aromatic rings. The zero-order valence-corrected chi connectivity index (χ0v) is 17.4. The molecular weight excluding hydrogens is 388 g/mol. The van der Waals surface area contributed by atoms with Gasteiger partial charge in [0.15, 0.2) is 0 Å². The maximum absolute atomic E-state index is 10.7. The van der Waals surface area contributed by atoms with Gasteiger partial charge in [0, 0.05) is 12.0 Å². The van der Waals surface area contributed by atoms with Crippen LogP contribution in [0.4, 0.5) is 0 Å². The fourth-order valence-corrected chi connectivity index (χ4v) is 3.06. The summed E-state index contributed by atoms with van der Waals surface area (Å²) >= 11 is 0. The summed E-state index contributed by atoms with van der Waals surface area (Å²) < 4.78 is 11.6. The van der Waals surface area contributed by atoms with Crippen molar-refractivity contribution >= 4 is 0 Å². The van der Waals surface area contributed by atoms with E-state index >= 15 is 0 Å². The largest absolute Gasteiger partial charge is 0.388 e. The summed E-state index contributed by atoms with van der Waals surface area (Å²) in [6.45, 7) is 0.840. The van der Waals surface area contributed by atoms with Crippen molar-refractivity contribution in [1.82, 2.24) is 0 Å². The van der Waals surface area contributed by atoms with Gasteiger partial charge in [-0.3, -0.25) is 0 Å². The van der Waals surface area contributed by atoms with E-state index in [4.69, 9.17) is 9.47 Å². The lowest BCUT2D eigenvalue weighted by atomic mass is 10.1. The lowest BCUT2D eigenvalue weighted by Crippen LogP contribution is -2.35. The van der Waals surface area contributed by atoms with E-state index in [9.17, 15) is 10.2 Å². The van der Waals surface area contributed by atoms with Gasteiger partial charge in [-0.2, -0.15) is 0 Å². The molecule has 4 heteroatoms. The first-order chi connectivity index (χ1) is 15.2. The third-order valence-electron chi connectivity index (χ3n) is 4.75. The van der Waals surface area contributed by atoms with Crippen molar-refractivity contribution < 1.29 is 19.7 Å². The molecule has 31 heavy (non-hydrogen) atoms. The van der Waals surface area contributed by atoms with Crippen molar-refractivity contribution in [3.05, 3.63) is 108 Å². The Balaban J connectivity index is 1.58. The van der Waals surface area contributed by atoms with Gasteiger partial charge in [0.1, 0.15) is 12.2 Å².